The molecule has 1 aliphatic heterocycles. The maximum atomic E-state index is 12.2. The van der Waals surface area contributed by atoms with Crippen LogP contribution in [0.25, 0.3) is 0 Å². The van der Waals surface area contributed by atoms with E-state index >= 15 is 0 Å². The van der Waals surface area contributed by atoms with Gasteiger partial charge in [-0.2, -0.15) is 0 Å². The monoisotopic (exact) mass is 279 g/mol. The maximum Gasteiger partial charge on any atom is 0.137 e. The number of carbonyl (C=O) groups excluding carboxylic acids is 1. The zero-order valence-corrected chi connectivity index (χ0v) is 13.9. The lowest BCUT2D eigenvalue weighted by molar-refractivity contribution is -0.126. The third kappa shape index (κ3) is 4.07. The second kappa shape index (κ2) is 7.06. The average Bonchev–Trinajstić information content (AvgIpc) is 2.41. The lowest BCUT2D eigenvalue weighted by Gasteiger charge is -2.38. The molecule has 2 aliphatic rings. The van der Waals surface area contributed by atoms with Crippen LogP contribution in [0, 0.1) is 29.6 Å². The number of carbonyl (C=O) groups is 1. The van der Waals surface area contributed by atoms with Gasteiger partial charge in [0, 0.05) is 18.9 Å². The number of Topliss-reactive ketones (excluding diaryl/α,β-unsaturated/α-hetero) is 1. The molecule has 2 heteroatoms. The smallest absolute Gasteiger partial charge is 0.137 e. The average molecular weight is 279 g/mol. The van der Waals surface area contributed by atoms with Crippen molar-refractivity contribution >= 4 is 5.78 Å². The van der Waals surface area contributed by atoms with Crippen LogP contribution in [0.2, 0.25) is 0 Å². The first-order valence-corrected chi connectivity index (χ1v) is 8.72. The van der Waals surface area contributed by atoms with Gasteiger partial charge in [-0.25, -0.2) is 0 Å². The standard InChI is InChI=1S/C18H33NO/c1-13(2)15-7-9-19(10-8-15)12-17-11-16(14(3)4)5-6-18(17)20/h13-17H,5-12H2,1-4H3. The summed E-state index contributed by atoms with van der Waals surface area (Å²) in [5.41, 5.74) is 0. The summed E-state index contributed by atoms with van der Waals surface area (Å²) in [6, 6.07) is 0. The van der Waals surface area contributed by atoms with Gasteiger partial charge in [0.05, 0.1) is 0 Å². The normalized spacial score (nSPS) is 30.4. The molecule has 0 N–H and O–H groups in total. The van der Waals surface area contributed by atoms with Crippen molar-refractivity contribution in [3.63, 3.8) is 0 Å². The first kappa shape index (κ1) is 16.0. The van der Waals surface area contributed by atoms with E-state index in [9.17, 15) is 4.79 Å². The van der Waals surface area contributed by atoms with E-state index in [2.05, 4.69) is 32.6 Å². The first-order valence-electron chi connectivity index (χ1n) is 8.72. The Hall–Kier alpha value is -0.370. The predicted octanol–water partition coefficient (Wildman–Crippen LogP) is 4.00. The Morgan fingerprint density at radius 1 is 1.00 bits per heavy atom. The molecule has 0 aromatic carbocycles. The van der Waals surface area contributed by atoms with Crippen LogP contribution in [-0.2, 0) is 4.79 Å². The molecular formula is C18H33NO. The van der Waals surface area contributed by atoms with Crippen molar-refractivity contribution in [2.75, 3.05) is 19.6 Å². The Labute approximate surface area is 125 Å². The zero-order chi connectivity index (χ0) is 14.7. The Morgan fingerprint density at radius 3 is 2.15 bits per heavy atom. The molecule has 20 heavy (non-hydrogen) atoms. The van der Waals surface area contributed by atoms with Gasteiger partial charge in [-0.3, -0.25) is 4.79 Å². The van der Waals surface area contributed by atoms with E-state index < -0.39 is 0 Å². The number of nitrogens with zero attached hydrogens (tertiary/aromatic N) is 1. The summed E-state index contributed by atoms with van der Waals surface area (Å²) in [5.74, 6) is 4.08. The summed E-state index contributed by atoms with van der Waals surface area (Å²) >= 11 is 0. The lowest BCUT2D eigenvalue weighted by atomic mass is 9.75. The number of hydrogen-bond acceptors (Lipinski definition) is 2. The molecule has 2 nitrogen and oxygen atoms in total. The number of piperidine rings is 1. The van der Waals surface area contributed by atoms with Crippen molar-refractivity contribution < 1.29 is 4.79 Å². The summed E-state index contributed by atoms with van der Waals surface area (Å²) in [4.78, 5) is 14.7. The molecule has 0 radical (unpaired) electrons. The molecular weight excluding hydrogens is 246 g/mol. The molecule has 116 valence electrons. The fourth-order valence-electron chi connectivity index (χ4n) is 4.04. The van der Waals surface area contributed by atoms with Crippen LogP contribution < -0.4 is 0 Å². The van der Waals surface area contributed by atoms with E-state index in [1.807, 2.05) is 0 Å². The minimum atomic E-state index is 0.326. The number of ketones is 1. The minimum absolute atomic E-state index is 0.326. The van der Waals surface area contributed by atoms with Crippen LogP contribution in [0.15, 0.2) is 0 Å². The Kier molecular flexibility index (Phi) is 5.65. The number of rotatable bonds is 4. The number of likely N-dealkylation sites (tertiary alicyclic amines) is 1. The van der Waals surface area contributed by atoms with Gasteiger partial charge in [-0.05, 0) is 62.4 Å². The fraction of sp³-hybridized carbons (Fsp3) is 0.944. The maximum absolute atomic E-state index is 12.2. The quantitative estimate of drug-likeness (QED) is 0.775. The molecule has 0 aromatic heterocycles. The highest BCUT2D eigenvalue weighted by molar-refractivity contribution is 5.82. The first-order chi connectivity index (χ1) is 9.47. The molecule has 1 saturated carbocycles. The van der Waals surface area contributed by atoms with Crippen molar-refractivity contribution in [1.29, 1.82) is 0 Å². The molecule has 1 heterocycles. The van der Waals surface area contributed by atoms with Gasteiger partial charge >= 0.3 is 0 Å². The highest BCUT2D eigenvalue weighted by Gasteiger charge is 2.32. The number of hydrogen-bond donors (Lipinski definition) is 0. The lowest BCUT2D eigenvalue weighted by Crippen LogP contribution is -2.42. The van der Waals surface area contributed by atoms with Crippen molar-refractivity contribution in [1.82, 2.24) is 4.90 Å². The minimum Gasteiger partial charge on any atom is -0.303 e. The molecule has 0 spiro atoms. The van der Waals surface area contributed by atoms with Crippen LogP contribution in [0.5, 0.6) is 0 Å². The zero-order valence-electron chi connectivity index (χ0n) is 13.9. The molecule has 2 unspecified atom stereocenters. The SMILES string of the molecule is CC(C)C1CCN(CC2CC(C(C)C)CCC2=O)CC1. The van der Waals surface area contributed by atoms with Crippen molar-refractivity contribution in [2.24, 2.45) is 29.6 Å². The summed E-state index contributed by atoms with van der Waals surface area (Å²) in [7, 11) is 0. The van der Waals surface area contributed by atoms with Crippen LogP contribution in [0.1, 0.15) is 59.8 Å². The van der Waals surface area contributed by atoms with Gasteiger partial charge in [0.2, 0.25) is 0 Å². The third-order valence-electron chi connectivity index (χ3n) is 5.80. The molecule has 1 aliphatic carbocycles. The topological polar surface area (TPSA) is 20.3 Å². The van der Waals surface area contributed by atoms with Gasteiger partial charge in [0.15, 0.2) is 0 Å². The van der Waals surface area contributed by atoms with Gasteiger partial charge in [0.25, 0.3) is 0 Å². The van der Waals surface area contributed by atoms with Gasteiger partial charge in [-0.1, -0.05) is 27.7 Å². The van der Waals surface area contributed by atoms with E-state index in [0.29, 0.717) is 11.7 Å². The van der Waals surface area contributed by atoms with Crippen molar-refractivity contribution in [2.45, 2.75) is 59.8 Å². The van der Waals surface area contributed by atoms with E-state index in [1.165, 1.54) is 25.9 Å². The molecule has 0 bridgehead atoms. The Bertz CT molecular complexity index is 315. The fourth-order valence-corrected chi connectivity index (χ4v) is 4.04. The molecule has 0 amide bonds. The molecule has 2 fully saturated rings. The van der Waals surface area contributed by atoms with E-state index in [1.54, 1.807) is 0 Å². The Balaban J connectivity index is 1.82. The van der Waals surface area contributed by atoms with Crippen LogP contribution in [-0.4, -0.2) is 30.3 Å². The highest BCUT2D eigenvalue weighted by Crippen LogP contribution is 2.33. The van der Waals surface area contributed by atoms with E-state index in [0.717, 1.165) is 49.5 Å². The predicted molar refractivity (Wildman–Crippen MR) is 84.7 cm³/mol. The van der Waals surface area contributed by atoms with Gasteiger partial charge in [-0.15, -0.1) is 0 Å². The molecule has 0 aromatic rings. The van der Waals surface area contributed by atoms with E-state index in [4.69, 9.17) is 0 Å². The van der Waals surface area contributed by atoms with E-state index in [-0.39, 0.29) is 0 Å². The molecule has 2 atom stereocenters. The second-order valence-electron chi connectivity index (χ2n) is 7.82. The van der Waals surface area contributed by atoms with Crippen LogP contribution in [0.4, 0.5) is 0 Å². The Morgan fingerprint density at radius 2 is 1.60 bits per heavy atom. The van der Waals surface area contributed by atoms with Crippen molar-refractivity contribution in [3.05, 3.63) is 0 Å². The molecule has 2 rings (SSSR count). The summed E-state index contributed by atoms with van der Waals surface area (Å²) in [6.45, 7) is 12.8. The van der Waals surface area contributed by atoms with Gasteiger partial charge in [0.1, 0.15) is 5.78 Å². The van der Waals surface area contributed by atoms with Crippen LogP contribution in [0.3, 0.4) is 0 Å². The van der Waals surface area contributed by atoms with Crippen molar-refractivity contribution in [3.8, 4) is 0 Å². The van der Waals surface area contributed by atoms with Crippen LogP contribution >= 0.6 is 0 Å². The summed E-state index contributed by atoms with van der Waals surface area (Å²) in [6.07, 6.45) is 5.75. The highest BCUT2D eigenvalue weighted by atomic mass is 16.1. The second-order valence-corrected chi connectivity index (χ2v) is 7.82. The summed E-state index contributed by atoms with van der Waals surface area (Å²) in [5, 5.41) is 0. The summed E-state index contributed by atoms with van der Waals surface area (Å²) < 4.78 is 0. The molecule has 1 saturated heterocycles. The third-order valence-corrected chi connectivity index (χ3v) is 5.80. The van der Waals surface area contributed by atoms with Gasteiger partial charge < -0.3 is 4.90 Å². The largest absolute Gasteiger partial charge is 0.303 e.